The minimum atomic E-state index is -0.106. The molecule has 0 bridgehead atoms. The molecule has 0 spiro atoms. The van der Waals surface area contributed by atoms with E-state index in [0.29, 0.717) is 22.9 Å². The summed E-state index contributed by atoms with van der Waals surface area (Å²) in [5, 5.41) is 12.7. The van der Waals surface area contributed by atoms with Crippen molar-refractivity contribution < 1.29 is 9.90 Å². The zero-order valence-corrected chi connectivity index (χ0v) is 13.1. The molecule has 1 aromatic rings. The lowest BCUT2D eigenvalue weighted by Crippen LogP contribution is -2.45. The van der Waals surface area contributed by atoms with Gasteiger partial charge in [0.2, 0.25) is 0 Å². The number of nitrogens with zero attached hydrogens (tertiary/aromatic N) is 2. The lowest BCUT2D eigenvalue weighted by molar-refractivity contribution is 0.0525. The maximum Gasteiger partial charge on any atom is 0.255 e. The van der Waals surface area contributed by atoms with Gasteiger partial charge in [-0.3, -0.25) is 4.79 Å². The maximum atomic E-state index is 12.5. The summed E-state index contributed by atoms with van der Waals surface area (Å²) in [6.07, 6.45) is 5.67. The fourth-order valence-electron chi connectivity index (χ4n) is 2.35. The third-order valence-electron chi connectivity index (χ3n) is 3.75. The van der Waals surface area contributed by atoms with E-state index in [2.05, 4.69) is 17.2 Å². The topological polar surface area (TPSA) is 65.5 Å². The summed E-state index contributed by atoms with van der Waals surface area (Å²) in [5.41, 5.74) is 0.474. The van der Waals surface area contributed by atoms with Crippen molar-refractivity contribution in [1.29, 1.82) is 0 Å². The molecule has 116 valence electrons. The average molecular weight is 312 g/mol. The molecular weight excluding hydrogens is 290 g/mol. The van der Waals surface area contributed by atoms with Gasteiger partial charge >= 0.3 is 0 Å². The molecule has 2 rings (SSSR count). The SMILES string of the molecule is CCCNc1ncc(C(=O)N(CCO)C2CCC2)cc1Cl. The summed E-state index contributed by atoms with van der Waals surface area (Å²) < 4.78 is 0. The van der Waals surface area contributed by atoms with Gasteiger partial charge in [0.25, 0.3) is 5.91 Å². The number of amides is 1. The van der Waals surface area contributed by atoms with E-state index in [-0.39, 0.29) is 18.6 Å². The van der Waals surface area contributed by atoms with Gasteiger partial charge in [0, 0.05) is 25.3 Å². The van der Waals surface area contributed by atoms with Crippen molar-refractivity contribution in [2.45, 2.75) is 38.6 Å². The molecule has 1 fully saturated rings. The molecule has 1 amide bonds. The Kier molecular flexibility index (Phi) is 5.82. The van der Waals surface area contributed by atoms with Gasteiger partial charge in [-0.25, -0.2) is 4.98 Å². The highest BCUT2D eigenvalue weighted by molar-refractivity contribution is 6.33. The van der Waals surface area contributed by atoms with Crippen LogP contribution in [0.25, 0.3) is 0 Å². The minimum absolute atomic E-state index is 0.0282. The maximum absolute atomic E-state index is 12.5. The van der Waals surface area contributed by atoms with E-state index in [1.807, 2.05) is 0 Å². The van der Waals surface area contributed by atoms with Crippen LogP contribution in [0.15, 0.2) is 12.3 Å². The van der Waals surface area contributed by atoms with Crippen LogP contribution in [-0.2, 0) is 0 Å². The van der Waals surface area contributed by atoms with Crippen LogP contribution >= 0.6 is 11.6 Å². The molecule has 0 aliphatic heterocycles. The number of hydrogen-bond acceptors (Lipinski definition) is 4. The number of carbonyl (C=O) groups is 1. The van der Waals surface area contributed by atoms with Gasteiger partial charge in [-0.15, -0.1) is 0 Å². The van der Waals surface area contributed by atoms with Gasteiger partial charge in [0.1, 0.15) is 5.82 Å². The van der Waals surface area contributed by atoms with Crippen LogP contribution < -0.4 is 5.32 Å². The van der Waals surface area contributed by atoms with E-state index in [0.717, 1.165) is 32.2 Å². The van der Waals surface area contributed by atoms with Crippen LogP contribution in [0.3, 0.4) is 0 Å². The summed E-state index contributed by atoms with van der Waals surface area (Å²) in [6.45, 7) is 3.18. The first kappa shape index (κ1) is 16.0. The molecule has 21 heavy (non-hydrogen) atoms. The lowest BCUT2D eigenvalue weighted by Gasteiger charge is -2.37. The molecule has 0 unspecified atom stereocenters. The van der Waals surface area contributed by atoms with Crippen LogP contribution in [0.2, 0.25) is 5.02 Å². The second-order valence-corrected chi connectivity index (χ2v) is 5.70. The molecule has 2 N–H and O–H groups in total. The summed E-state index contributed by atoms with van der Waals surface area (Å²) in [7, 11) is 0. The second-order valence-electron chi connectivity index (χ2n) is 5.29. The van der Waals surface area contributed by atoms with Crippen LogP contribution in [0.1, 0.15) is 43.0 Å². The van der Waals surface area contributed by atoms with Crippen molar-refractivity contribution in [2.24, 2.45) is 0 Å². The third-order valence-corrected chi connectivity index (χ3v) is 4.04. The number of pyridine rings is 1. The van der Waals surface area contributed by atoms with Gasteiger partial charge in [0.05, 0.1) is 17.2 Å². The number of anilines is 1. The van der Waals surface area contributed by atoms with Crippen LogP contribution in [0.4, 0.5) is 5.82 Å². The highest BCUT2D eigenvalue weighted by Gasteiger charge is 2.29. The zero-order chi connectivity index (χ0) is 15.2. The standard InChI is InChI=1S/C15H22ClN3O2/c1-2-6-17-14-13(16)9-11(10-18-14)15(21)19(7-8-20)12-4-3-5-12/h9-10,12,20H,2-8H2,1H3,(H,17,18). The fourth-order valence-corrected chi connectivity index (χ4v) is 2.58. The van der Waals surface area contributed by atoms with E-state index in [9.17, 15) is 4.79 Å². The predicted octanol–water partition coefficient (Wildman–Crippen LogP) is 2.54. The van der Waals surface area contributed by atoms with Crippen LogP contribution in [-0.4, -0.2) is 46.6 Å². The van der Waals surface area contributed by atoms with Gasteiger partial charge < -0.3 is 15.3 Å². The number of hydrogen-bond donors (Lipinski definition) is 2. The van der Waals surface area contributed by atoms with Crippen molar-refractivity contribution in [3.63, 3.8) is 0 Å². The summed E-state index contributed by atoms with van der Waals surface area (Å²) in [5.74, 6) is 0.498. The second kappa shape index (κ2) is 7.61. The predicted molar refractivity (Wildman–Crippen MR) is 83.8 cm³/mol. The van der Waals surface area contributed by atoms with E-state index in [4.69, 9.17) is 16.7 Å². The Hall–Kier alpha value is -1.33. The highest BCUT2D eigenvalue weighted by atomic mass is 35.5. The van der Waals surface area contributed by atoms with E-state index >= 15 is 0 Å². The molecule has 1 saturated carbocycles. The Bertz CT molecular complexity index is 492. The smallest absolute Gasteiger partial charge is 0.255 e. The quantitative estimate of drug-likeness (QED) is 0.812. The lowest BCUT2D eigenvalue weighted by atomic mass is 9.91. The first-order valence-corrected chi connectivity index (χ1v) is 7.86. The number of halogens is 1. The van der Waals surface area contributed by atoms with Crippen molar-refractivity contribution in [3.05, 3.63) is 22.8 Å². The number of aliphatic hydroxyl groups excluding tert-OH is 1. The zero-order valence-electron chi connectivity index (χ0n) is 12.3. The van der Waals surface area contributed by atoms with E-state index in [1.165, 1.54) is 0 Å². The number of rotatable bonds is 7. The molecule has 5 nitrogen and oxygen atoms in total. The Morgan fingerprint density at radius 2 is 2.33 bits per heavy atom. The molecule has 6 heteroatoms. The fraction of sp³-hybridized carbons (Fsp3) is 0.600. The van der Waals surface area contributed by atoms with Gasteiger partial charge in [0.15, 0.2) is 0 Å². The molecule has 0 atom stereocenters. The summed E-state index contributed by atoms with van der Waals surface area (Å²) >= 11 is 6.17. The minimum Gasteiger partial charge on any atom is -0.395 e. The number of carbonyl (C=O) groups excluding carboxylic acids is 1. The molecule has 0 aromatic carbocycles. The number of aromatic nitrogens is 1. The van der Waals surface area contributed by atoms with Crippen molar-refractivity contribution in [1.82, 2.24) is 9.88 Å². The van der Waals surface area contributed by atoms with Gasteiger partial charge in [-0.1, -0.05) is 18.5 Å². The third kappa shape index (κ3) is 3.86. The molecule has 0 radical (unpaired) electrons. The summed E-state index contributed by atoms with van der Waals surface area (Å²) in [4.78, 5) is 18.5. The Balaban J connectivity index is 2.11. The van der Waals surface area contributed by atoms with Crippen LogP contribution in [0.5, 0.6) is 0 Å². The number of nitrogens with one attached hydrogen (secondary N) is 1. The largest absolute Gasteiger partial charge is 0.395 e. The highest BCUT2D eigenvalue weighted by Crippen LogP contribution is 2.27. The first-order valence-electron chi connectivity index (χ1n) is 7.48. The molecule has 1 aliphatic rings. The Labute approximate surface area is 130 Å². The van der Waals surface area contributed by atoms with E-state index in [1.54, 1.807) is 17.2 Å². The van der Waals surface area contributed by atoms with Crippen molar-refractivity contribution in [2.75, 3.05) is 25.0 Å². The molecule has 1 heterocycles. The van der Waals surface area contributed by atoms with Gasteiger partial charge in [-0.05, 0) is 31.7 Å². The van der Waals surface area contributed by atoms with Crippen LogP contribution in [0, 0.1) is 0 Å². The number of aliphatic hydroxyl groups is 1. The molecule has 0 saturated heterocycles. The molecule has 1 aromatic heterocycles. The Morgan fingerprint density at radius 1 is 1.57 bits per heavy atom. The first-order chi connectivity index (χ1) is 10.2. The summed E-state index contributed by atoms with van der Waals surface area (Å²) in [6, 6.07) is 1.89. The van der Waals surface area contributed by atoms with Crippen molar-refractivity contribution in [3.8, 4) is 0 Å². The van der Waals surface area contributed by atoms with Gasteiger partial charge in [-0.2, -0.15) is 0 Å². The monoisotopic (exact) mass is 311 g/mol. The van der Waals surface area contributed by atoms with E-state index < -0.39 is 0 Å². The average Bonchev–Trinajstić information content (AvgIpc) is 2.43. The normalized spacial score (nSPS) is 14.6. The molecule has 1 aliphatic carbocycles. The Morgan fingerprint density at radius 3 is 2.86 bits per heavy atom. The van der Waals surface area contributed by atoms with Crippen molar-refractivity contribution >= 4 is 23.3 Å². The molecular formula is C15H22ClN3O2.